The average Bonchev–Trinajstić information content (AvgIpc) is 2.78. The maximum Gasteiger partial charge on any atom is 0.123 e. The smallest absolute Gasteiger partial charge is 0.123 e. The average molecular weight is 384 g/mol. The standard InChI is InChI=1S/C26H22FP/c27-25-18-16-21(17-19-25)20-28-26(22-10-4-1-5-11-22,23-12-6-2-7-13-23)24-14-8-3-9-15-24/h1-19,28H,20H2. The largest absolute Gasteiger partial charge is 0.207 e. The number of rotatable bonds is 6. The van der Waals surface area contributed by atoms with Crippen LogP contribution >= 0.6 is 8.58 Å². The maximum absolute atomic E-state index is 13.4. The molecule has 1 atom stereocenters. The second-order valence-electron chi connectivity index (χ2n) is 6.83. The van der Waals surface area contributed by atoms with Gasteiger partial charge in [-0.3, -0.25) is 0 Å². The van der Waals surface area contributed by atoms with Crippen LogP contribution in [0.5, 0.6) is 0 Å². The highest BCUT2D eigenvalue weighted by Crippen LogP contribution is 2.53. The fourth-order valence-corrected chi connectivity index (χ4v) is 5.52. The van der Waals surface area contributed by atoms with Gasteiger partial charge in [0.05, 0.1) is 5.16 Å². The summed E-state index contributed by atoms with van der Waals surface area (Å²) in [6, 6.07) is 39.1. The number of halogens is 1. The molecule has 4 aromatic carbocycles. The molecule has 28 heavy (non-hydrogen) atoms. The fourth-order valence-electron chi connectivity index (χ4n) is 3.71. The highest BCUT2D eigenvalue weighted by atomic mass is 31.1. The van der Waals surface area contributed by atoms with Gasteiger partial charge in [-0.15, -0.1) is 0 Å². The molecule has 0 heterocycles. The van der Waals surface area contributed by atoms with Gasteiger partial charge in [0.1, 0.15) is 5.82 Å². The van der Waals surface area contributed by atoms with E-state index in [9.17, 15) is 4.39 Å². The van der Waals surface area contributed by atoms with Crippen LogP contribution in [0.1, 0.15) is 22.3 Å². The van der Waals surface area contributed by atoms with Gasteiger partial charge in [-0.05, 0) is 40.5 Å². The lowest BCUT2D eigenvalue weighted by molar-refractivity contribution is 0.627. The van der Waals surface area contributed by atoms with Crippen LogP contribution in [0.3, 0.4) is 0 Å². The van der Waals surface area contributed by atoms with Crippen molar-refractivity contribution in [1.29, 1.82) is 0 Å². The van der Waals surface area contributed by atoms with Crippen LogP contribution in [0.15, 0.2) is 115 Å². The molecular weight excluding hydrogens is 362 g/mol. The Kier molecular flexibility index (Phi) is 5.65. The van der Waals surface area contributed by atoms with Crippen molar-refractivity contribution in [3.63, 3.8) is 0 Å². The first-order chi connectivity index (χ1) is 13.8. The lowest BCUT2D eigenvalue weighted by Crippen LogP contribution is -2.24. The predicted molar refractivity (Wildman–Crippen MR) is 118 cm³/mol. The highest BCUT2D eigenvalue weighted by Gasteiger charge is 2.35. The Balaban J connectivity index is 1.86. The Morgan fingerprint density at radius 3 is 1.32 bits per heavy atom. The molecule has 4 aromatic rings. The van der Waals surface area contributed by atoms with E-state index in [1.54, 1.807) is 12.1 Å². The van der Waals surface area contributed by atoms with E-state index in [4.69, 9.17) is 0 Å². The highest BCUT2D eigenvalue weighted by molar-refractivity contribution is 7.39. The molecule has 4 rings (SSSR count). The molecule has 0 N–H and O–H groups in total. The lowest BCUT2D eigenvalue weighted by atomic mass is 9.84. The zero-order valence-electron chi connectivity index (χ0n) is 15.6. The van der Waals surface area contributed by atoms with Gasteiger partial charge in [-0.2, -0.15) is 0 Å². The molecule has 0 aromatic heterocycles. The van der Waals surface area contributed by atoms with Crippen molar-refractivity contribution in [1.82, 2.24) is 0 Å². The summed E-state index contributed by atoms with van der Waals surface area (Å²) in [7, 11) is 0.578. The van der Waals surface area contributed by atoms with Crippen LogP contribution in [0, 0.1) is 5.82 Å². The minimum absolute atomic E-state index is 0.187. The van der Waals surface area contributed by atoms with E-state index in [0.717, 1.165) is 11.7 Å². The molecule has 0 aliphatic carbocycles. The van der Waals surface area contributed by atoms with Gasteiger partial charge in [0.25, 0.3) is 0 Å². The molecule has 0 bridgehead atoms. The molecule has 0 amide bonds. The van der Waals surface area contributed by atoms with Crippen molar-refractivity contribution in [2.75, 3.05) is 0 Å². The van der Waals surface area contributed by atoms with Gasteiger partial charge in [0.2, 0.25) is 0 Å². The van der Waals surface area contributed by atoms with Crippen molar-refractivity contribution in [3.8, 4) is 0 Å². The second kappa shape index (κ2) is 8.50. The molecule has 0 aliphatic heterocycles. The van der Waals surface area contributed by atoms with E-state index in [1.165, 1.54) is 16.7 Å². The van der Waals surface area contributed by atoms with Gasteiger partial charge < -0.3 is 0 Å². The Bertz CT molecular complexity index is 900. The van der Waals surface area contributed by atoms with Crippen molar-refractivity contribution < 1.29 is 4.39 Å². The minimum Gasteiger partial charge on any atom is -0.207 e. The van der Waals surface area contributed by atoms with Crippen molar-refractivity contribution >= 4 is 8.58 Å². The summed E-state index contributed by atoms with van der Waals surface area (Å²) in [5.74, 6) is -0.187. The van der Waals surface area contributed by atoms with E-state index in [1.807, 2.05) is 12.1 Å². The Morgan fingerprint density at radius 1 is 0.536 bits per heavy atom. The number of hydrogen-bond donors (Lipinski definition) is 0. The van der Waals surface area contributed by atoms with Crippen LogP contribution in [-0.4, -0.2) is 0 Å². The summed E-state index contributed by atoms with van der Waals surface area (Å²) in [5.41, 5.74) is 5.01. The van der Waals surface area contributed by atoms with Crippen LogP contribution < -0.4 is 0 Å². The minimum atomic E-state index is -0.238. The normalized spacial score (nSPS) is 11.8. The molecule has 138 valence electrons. The van der Waals surface area contributed by atoms with Crippen LogP contribution in [0.25, 0.3) is 0 Å². The van der Waals surface area contributed by atoms with Gasteiger partial charge in [0, 0.05) is 0 Å². The zero-order valence-corrected chi connectivity index (χ0v) is 16.6. The molecule has 2 heteroatoms. The third-order valence-electron chi connectivity index (χ3n) is 5.09. The molecule has 0 fully saturated rings. The van der Waals surface area contributed by atoms with Crippen LogP contribution in [0.2, 0.25) is 0 Å². The Labute approximate surface area is 167 Å². The number of benzene rings is 4. The van der Waals surface area contributed by atoms with Gasteiger partial charge in [0.15, 0.2) is 0 Å². The molecule has 0 radical (unpaired) electrons. The van der Waals surface area contributed by atoms with E-state index in [-0.39, 0.29) is 11.0 Å². The summed E-state index contributed by atoms with van der Waals surface area (Å²) in [4.78, 5) is 0. The number of hydrogen-bond acceptors (Lipinski definition) is 0. The van der Waals surface area contributed by atoms with E-state index in [0.29, 0.717) is 8.58 Å². The molecule has 1 unspecified atom stereocenters. The summed E-state index contributed by atoms with van der Waals surface area (Å²) in [6.07, 6.45) is 0.888. The summed E-state index contributed by atoms with van der Waals surface area (Å²) < 4.78 is 13.4. The first-order valence-corrected chi connectivity index (χ1v) is 10.7. The van der Waals surface area contributed by atoms with E-state index < -0.39 is 0 Å². The Morgan fingerprint density at radius 2 is 0.929 bits per heavy atom. The van der Waals surface area contributed by atoms with Gasteiger partial charge in [-0.25, -0.2) is 4.39 Å². The summed E-state index contributed by atoms with van der Waals surface area (Å²) >= 11 is 0. The molecular formula is C26H22FP. The van der Waals surface area contributed by atoms with Crippen molar-refractivity contribution in [2.45, 2.75) is 11.3 Å². The second-order valence-corrected chi connectivity index (χ2v) is 8.29. The van der Waals surface area contributed by atoms with E-state index >= 15 is 0 Å². The molecule has 0 aliphatic rings. The molecule has 0 saturated heterocycles. The quantitative estimate of drug-likeness (QED) is 0.248. The summed E-state index contributed by atoms with van der Waals surface area (Å²) in [6.45, 7) is 0. The first kappa shape index (κ1) is 18.6. The van der Waals surface area contributed by atoms with Gasteiger partial charge in [-0.1, -0.05) is 112 Å². The molecule has 0 nitrogen and oxygen atoms in total. The third-order valence-corrected chi connectivity index (χ3v) is 7.07. The molecule has 0 saturated carbocycles. The summed E-state index contributed by atoms with van der Waals surface area (Å²) in [5, 5.41) is -0.238. The monoisotopic (exact) mass is 384 g/mol. The van der Waals surface area contributed by atoms with Crippen LogP contribution in [-0.2, 0) is 11.3 Å². The Hall–Kier alpha value is -2.76. The van der Waals surface area contributed by atoms with Crippen LogP contribution in [0.4, 0.5) is 4.39 Å². The lowest BCUT2D eigenvalue weighted by Gasteiger charge is -2.36. The zero-order chi connectivity index (χ0) is 19.2. The van der Waals surface area contributed by atoms with Crippen molar-refractivity contribution in [3.05, 3.63) is 143 Å². The topological polar surface area (TPSA) is 0 Å². The molecule has 0 spiro atoms. The van der Waals surface area contributed by atoms with Gasteiger partial charge >= 0.3 is 0 Å². The first-order valence-electron chi connectivity index (χ1n) is 9.45. The predicted octanol–water partition coefficient (Wildman–Crippen LogP) is 7.00. The SMILES string of the molecule is Fc1ccc(CPC(c2ccccc2)(c2ccccc2)c2ccccc2)cc1. The van der Waals surface area contributed by atoms with E-state index in [2.05, 4.69) is 91.0 Å². The fraction of sp³-hybridized carbons (Fsp3) is 0.0769. The van der Waals surface area contributed by atoms with Crippen molar-refractivity contribution in [2.24, 2.45) is 0 Å². The third kappa shape index (κ3) is 3.77. The maximum atomic E-state index is 13.4.